The van der Waals surface area contributed by atoms with Crippen molar-refractivity contribution >= 4 is 11.6 Å². The minimum Gasteiger partial charge on any atom is -0.492 e. The third-order valence-electron chi connectivity index (χ3n) is 5.01. The predicted octanol–water partition coefficient (Wildman–Crippen LogP) is 2.54. The highest BCUT2D eigenvalue weighted by atomic mass is 19.1. The number of halogens is 1. The largest absolute Gasteiger partial charge is 0.492 e. The number of rotatable bonds is 7. The molecule has 8 heteroatoms. The third-order valence-corrected chi connectivity index (χ3v) is 5.01. The highest BCUT2D eigenvalue weighted by molar-refractivity contribution is 6.11. The Hall–Kier alpha value is -3.23. The molecule has 7 nitrogen and oxygen atoms in total. The van der Waals surface area contributed by atoms with Crippen LogP contribution in [-0.2, 0) is 4.74 Å². The number of nitrogens with two attached hydrogens (primary N) is 1. The Morgan fingerprint density at radius 2 is 1.97 bits per heavy atom. The van der Waals surface area contributed by atoms with Gasteiger partial charge in [0.15, 0.2) is 5.78 Å². The third kappa shape index (κ3) is 4.34. The molecular weight excluding hydrogens is 387 g/mol. The number of nitrogen functional groups attached to an aromatic ring is 1. The van der Waals surface area contributed by atoms with Crippen molar-refractivity contribution in [1.82, 2.24) is 14.7 Å². The summed E-state index contributed by atoms with van der Waals surface area (Å²) in [6.45, 7) is 4.59. The Labute approximate surface area is 173 Å². The van der Waals surface area contributed by atoms with Gasteiger partial charge in [0, 0.05) is 25.2 Å². The molecule has 0 aliphatic carbocycles. The summed E-state index contributed by atoms with van der Waals surface area (Å²) in [4.78, 5) is 15.2. The van der Waals surface area contributed by atoms with Crippen LogP contribution < -0.4 is 10.5 Å². The number of anilines is 1. The number of carbonyl (C=O) groups is 1. The molecular formula is C22H23FN4O3. The van der Waals surface area contributed by atoms with E-state index in [1.54, 1.807) is 36.4 Å². The standard InChI is InChI=1S/C22H23FN4O3/c23-19-6-1-2-7-20(19)27-22(24)18(15-25-27)21(28)16-4-3-5-17(14-16)30-13-10-26-8-11-29-12-9-26/h1-7,14-15H,8-13,24H2. The fourth-order valence-corrected chi connectivity index (χ4v) is 3.35. The molecule has 4 rings (SSSR count). The van der Waals surface area contributed by atoms with Crippen LogP contribution in [0.3, 0.4) is 0 Å². The lowest BCUT2D eigenvalue weighted by molar-refractivity contribution is 0.0322. The molecule has 1 aliphatic heterocycles. The minimum atomic E-state index is -0.470. The van der Waals surface area contributed by atoms with E-state index >= 15 is 0 Å². The zero-order chi connectivity index (χ0) is 20.9. The van der Waals surface area contributed by atoms with Crippen molar-refractivity contribution in [2.45, 2.75) is 0 Å². The fraction of sp³-hybridized carbons (Fsp3) is 0.273. The van der Waals surface area contributed by atoms with Crippen LogP contribution in [0.5, 0.6) is 5.75 Å². The molecule has 2 aromatic carbocycles. The molecule has 1 aliphatic rings. The van der Waals surface area contributed by atoms with Gasteiger partial charge in [0.05, 0.1) is 25.0 Å². The van der Waals surface area contributed by atoms with Crippen molar-refractivity contribution in [2.75, 3.05) is 45.2 Å². The van der Waals surface area contributed by atoms with E-state index in [2.05, 4.69) is 10.00 Å². The second kappa shape index (κ2) is 9.06. The van der Waals surface area contributed by atoms with Gasteiger partial charge in [0.2, 0.25) is 0 Å². The van der Waals surface area contributed by atoms with E-state index in [0.717, 1.165) is 32.8 Å². The number of aromatic nitrogens is 2. The van der Waals surface area contributed by atoms with E-state index in [1.807, 2.05) is 6.07 Å². The van der Waals surface area contributed by atoms with E-state index in [1.165, 1.54) is 16.9 Å². The molecule has 0 unspecified atom stereocenters. The van der Waals surface area contributed by atoms with E-state index in [9.17, 15) is 9.18 Å². The van der Waals surface area contributed by atoms with Crippen molar-refractivity contribution in [3.63, 3.8) is 0 Å². The van der Waals surface area contributed by atoms with Crippen LogP contribution in [0, 0.1) is 5.82 Å². The molecule has 1 aromatic heterocycles. The number of carbonyl (C=O) groups excluding carboxylic acids is 1. The Bertz CT molecular complexity index is 1030. The normalized spacial score (nSPS) is 14.6. The van der Waals surface area contributed by atoms with Crippen LogP contribution in [0.4, 0.5) is 10.2 Å². The smallest absolute Gasteiger partial charge is 0.198 e. The number of para-hydroxylation sites is 1. The zero-order valence-electron chi connectivity index (χ0n) is 16.5. The summed E-state index contributed by atoms with van der Waals surface area (Å²) in [5.74, 6) is -0.0754. The molecule has 2 heterocycles. The van der Waals surface area contributed by atoms with Crippen molar-refractivity contribution in [1.29, 1.82) is 0 Å². The lowest BCUT2D eigenvalue weighted by Gasteiger charge is -2.26. The van der Waals surface area contributed by atoms with E-state index in [4.69, 9.17) is 15.2 Å². The Morgan fingerprint density at radius 1 is 1.17 bits per heavy atom. The summed E-state index contributed by atoms with van der Waals surface area (Å²) < 4.78 is 26.4. The number of ether oxygens (including phenoxy) is 2. The molecule has 0 atom stereocenters. The van der Waals surface area contributed by atoms with Crippen LogP contribution in [-0.4, -0.2) is 59.9 Å². The minimum absolute atomic E-state index is 0.0868. The van der Waals surface area contributed by atoms with Gasteiger partial charge in [0.25, 0.3) is 0 Å². The van der Waals surface area contributed by atoms with Gasteiger partial charge in [-0.3, -0.25) is 9.69 Å². The topological polar surface area (TPSA) is 82.6 Å². The van der Waals surface area contributed by atoms with Gasteiger partial charge >= 0.3 is 0 Å². The van der Waals surface area contributed by atoms with Gasteiger partial charge in [-0.2, -0.15) is 5.10 Å². The van der Waals surface area contributed by atoms with Gasteiger partial charge < -0.3 is 15.2 Å². The predicted molar refractivity (Wildman–Crippen MR) is 111 cm³/mol. The number of morpholine rings is 1. The van der Waals surface area contributed by atoms with Gasteiger partial charge in [0.1, 0.15) is 29.7 Å². The molecule has 0 radical (unpaired) electrons. The van der Waals surface area contributed by atoms with Crippen LogP contribution in [0.15, 0.2) is 54.7 Å². The van der Waals surface area contributed by atoms with E-state index < -0.39 is 5.82 Å². The molecule has 3 aromatic rings. The maximum Gasteiger partial charge on any atom is 0.198 e. The van der Waals surface area contributed by atoms with Gasteiger partial charge in [-0.25, -0.2) is 9.07 Å². The zero-order valence-corrected chi connectivity index (χ0v) is 16.5. The Morgan fingerprint density at radius 3 is 2.77 bits per heavy atom. The first-order chi connectivity index (χ1) is 14.6. The van der Waals surface area contributed by atoms with Crippen LogP contribution in [0.1, 0.15) is 15.9 Å². The number of nitrogens with zero attached hydrogens (tertiary/aromatic N) is 3. The quantitative estimate of drug-likeness (QED) is 0.603. The average molecular weight is 410 g/mol. The SMILES string of the molecule is Nc1c(C(=O)c2cccc(OCCN3CCOCC3)c2)cnn1-c1ccccc1F. The van der Waals surface area contributed by atoms with Crippen molar-refractivity contribution in [2.24, 2.45) is 0 Å². The Balaban J connectivity index is 1.46. The second-order valence-electron chi connectivity index (χ2n) is 6.97. The molecule has 2 N–H and O–H groups in total. The summed E-state index contributed by atoms with van der Waals surface area (Å²) in [5, 5.41) is 4.10. The maximum absolute atomic E-state index is 14.1. The molecule has 1 saturated heterocycles. The number of hydrogen-bond donors (Lipinski definition) is 1. The van der Waals surface area contributed by atoms with Crippen molar-refractivity contribution in [3.05, 3.63) is 71.7 Å². The lowest BCUT2D eigenvalue weighted by Crippen LogP contribution is -2.38. The Kier molecular flexibility index (Phi) is 6.06. The summed E-state index contributed by atoms with van der Waals surface area (Å²) in [7, 11) is 0. The summed E-state index contributed by atoms with van der Waals surface area (Å²) in [5.41, 5.74) is 6.94. The van der Waals surface area contributed by atoms with E-state index in [-0.39, 0.29) is 22.9 Å². The second-order valence-corrected chi connectivity index (χ2v) is 6.97. The van der Waals surface area contributed by atoms with Crippen LogP contribution >= 0.6 is 0 Å². The molecule has 0 spiro atoms. The molecule has 1 fully saturated rings. The first-order valence-corrected chi connectivity index (χ1v) is 9.79. The number of hydrogen-bond acceptors (Lipinski definition) is 6. The summed E-state index contributed by atoms with van der Waals surface area (Å²) >= 11 is 0. The fourth-order valence-electron chi connectivity index (χ4n) is 3.35. The summed E-state index contributed by atoms with van der Waals surface area (Å²) in [6, 6.07) is 13.1. The average Bonchev–Trinajstić information content (AvgIpc) is 3.15. The number of benzene rings is 2. The molecule has 156 valence electrons. The highest BCUT2D eigenvalue weighted by Crippen LogP contribution is 2.23. The van der Waals surface area contributed by atoms with E-state index in [0.29, 0.717) is 17.9 Å². The number of ketones is 1. The monoisotopic (exact) mass is 410 g/mol. The summed E-state index contributed by atoms with van der Waals surface area (Å²) in [6.07, 6.45) is 1.36. The van der Waals surface area contributed by atoms with Gasteiger partial charge in [-0.05, 0) is 24.3 Å². The first kappa shape index (κ1) is 20.1. The molecule has 0 bridgehead atoms. The molecule has 0 amide bonds. The van der Waals surface area contributed by atoms with Gasteiger partial charge in [-0.15, -0.1) is 0 Å². The molecule has 0 saturated carbocycles. The molecule has 30 heavy (non-hydrogen) atoms. The van der Waals surface area contributed by atoms with Crippen LogP contribution in [0.25, 0.3) is 5.69 Å². The van der Waals surface area contributed by atoms with Crippen molar-refractivity contribution in [3.8, 4) is 11.4 Å². The van der Waals surface area contributed by atoms with Crippen LogP contribution in [0.2, 0.25) is 0 Å². The maximum atomic E-state index is 14.1. The highest BCUT2D eigenvalue weighted by Gasteiger charge is 2.19. The van der Waals surface area contributed by atoms with Gasteiger partial charge in [-0.1, -0.05) is 24.3 Å². The van der Waals surface area contributed by atoms with Crippen molar-refractivity contribution < 1.29 is 18.7 Å². The first-order valence-electron chi connectivity index (χ1n) is 9.79. The lowest BCUT2D eigenvalue weighted by atomic mass is 10.1.